The van der Waals surface area contributed by atoms with Gasteiger partial charge >= 0.3 is 0 Å². The Labute approximate surface area is 200 Å². The zero-order chi connectivity index (χ0) is 25.3. The molecule has 1 rings (SSSR count). The van der Waals surface area contributed by atoms with Crippen LogP contribution in [0.4, 0.5) is 0 Å². The first-order valence-electron chi connectivity index (χ1n) is 11.5. The summed E-state index contributed by atoms with van der Waals surface area (Å²) in [5.74, 6) is 1.08. The Hall–Kier alpha value is -2.13. The number of benzene rings is 1. The zero-order valence-corrected chi connectivity index (χ0v) is 21.4. The van der Waals surface area contributed by atoms with Gasteiger partial charge in [-0.25, -0.2) is 0 Å². The number of hydrogen-bond acceptors (Lipinski definition) is 8. The molecule has 0 aliphatic rings. The summed E-state index contributed by atoms with van der Waals surface area (Å²) in [6, 6.07) is 8.05. The molecule has 3 N–H and O–H groups in total. The summed E-state index contributed by atoms with van der Waals surface area (Å²) in [4.78, 5) is 4.24. The number of aliphatic hydroxyl groups excluding tert-OH is 2. The Morgan fingerprint density at radius 3 is 2.33 bits per heavy atom. The third-order valence-electron chi connectivity index (χ3n) is 4.01. The molecule has 0 aliphatic carbocycles. The molecule has 2 unspecified atom stereocenters. The molecule has 0 saturated carbocycles. The number of rotatable bonds is 16. The van der Waals surface area contributed by atoms with E-state index in [1.165, 1.54) is 12.0 Å². The first-order chi connectivity index (χ1) is 15.9. The standard InChI is InChI=1S/C19H32N2O5.C4H8O.C2H6/c1-16(22)21-11-12-26-18-8-6-17(7-9-18)5-4-10-20-15-25-14-19(24-3)13-23-2;1-3-4(2)5;1-2/h6-9,15-16,19,21-22H,4-5,10-14H2,1-3H3;5H,2-3H2,1H3;1-2H3. The second-order valence-electron chi connectivity index (χ2n) is 6.80. The van der Waals surface area contributed by atoms with Gasteiger partial charge in [0.1, 0.15) is 31.3 Å². The van der Waals surface area contributed by atoms with Crippen molar-refractivity contribution in [2.24, 2.45) is 4.99 Å². The van der Waals surface area contributed by atoms with Crippen LogP contribution >= 0.6 is 0 Å². The molecule has 2 atom stereocenters. The third kappa shape index (κ3) is 22.8. The predicted molar refractivity (Wildman–Crippen MR) is 135 cm³/mol. The molecular formula is C25H46N2O6. The van der Waals surface area contributed by atoms with Gasteiger partial charge in [-0.15, -0.1) is 0 Å². The molecule has 0 radical (unpaired) electrons. The maximum atomic E-state index is 9.10. The molecule has 0 amide bonds. The van der Waals surface area contributed by atoms with E-state index < -0.39 is 6.23 Å². The van der Waals surface area contributed by atoms with E-state index in [0.717, 1.165) is 18.6 Å². The maximum absolute atomic E-state index is 9.10. The van der Waals surface area contributed by atoms with E-state index >= 15 is 0 Å². The lowest BCUT2D eigenvalue weighted by molar-refractivity contribution is -0.000443. The highest BCUT2D eigenvalue weighted by molar-refractivity contribution is 5.46. The second kappa shape index (κ2) is 24.5. The minimum atomic E-state index is -0.513. The van der Waals surface area contributed by atoms with Gasteiger partial charge in [-0.05, 0) is 37.5 Å². The van der Waals surface area contributed by atoms with Gasteiger partial charge in [0, 0.05) is 33.7 Å². The number of aliphatic imine (C=N–C) groups is 1. The average Bonchev–Trinajstić information content (AvgIpc) is 2.82. The maximum Gasteiger partial charge on any atom is 0.169 e. The van der Waals surface area contributed by atoms with E-state index in [1.54, 1.807) is 21.1 Å². The molecule has 0 bridgehead atoms. The van der Waals surface area contributed by atoms with Crippen LogP contribution in [0.2, 0.25) is 0 Å². The Kier molecular flexibility index (Phi) is 24.5. The van der Waals surface area contributed by atoms with Gasteiger partial charge in [-0.1, -0.05) is 39.5 Å². The molecule has 33 heavy (non-hydrogen) atoms. The van der Waals surface area contributed by atoms with Crippen molar-refractivity contribution in [3.63, 3.8) is 0 Å². The van der Waals surface area contributed by atoms with Gasteiger partial charge in [-0.3, -0.25) is 10.3 Å². The fourth-order valence-electron chi connectivity index (χ4n) is 2.19. The highest BCUT2D eigenvalue weighted by Gasteiger charge is 2.05. The van der Waals surface area contributed by atoms with Crippen LogP contribution in [0.1, 0.15) is 46.1 Å². The number of nitrogens with one attached hydrogen (secondary N) is 1. The molecule has 1 aromatic rings. The molecule has 1 aromatic carbocycles. The minimum absolute atomic E-state index is 0.0741. The Bertz CT molecular complexity index is 579. The lowest BCUT2D eigenvalue weighted by Crippen LogP contribution is -2.29. The van der Waals surface area contributed by atoms with Gasteiger partial charge in [-0.2, -0.15) is 0 Å². The summed E-state index contributed by atoms with van der Waals surface area (Å²) in [7, 11) is 3.26. The van der Waals surface area contributed by atoms with Crippen molar-refractivity contribution in [1.29, 1.82) is 0 Å². The van der Waals surface area contributed by atoms with Crippen molar-refractivity contribution < 1.29 is 29.2 Å². The SMILES string of the molecule is C=C(O)CC.CC.COCC(COC=NCCCc1ccc(OCCNC(C)O)cc1)OC. The molecule has 0 heterocycles. The van der Waals surface area contributed by atoms with E-state index in [9.17, 15) is 0 Å². The average molecular weight is 471 g/mol. The van der Waals surface area contributed by atoms with Crippen molar-refractivity contribution in [1.82, 2.24) is 5.32 Å². The molecule has 0 spiro atoms. The lowest BCUT2D eigenvalue weighted by Gasteiger charge is -2.12. The van der Waals surface area contributed by atoms with Crippen LogP contribution in [0, 0.1) is 0 Å². The van der Waals surface area contributed by atoms with Crippen molar-refractivity contribution in [2.45, 2.75) is 59.3 Å². The Morgan fingerprint density at radius 1 is 1.18 bits per heavy atom. The van der Waals surface area contributed by atoms with Crippen LogP contribution in [0.25, 0.3) is 0 Å². The monoisotopic (exact) mass is 470 g/mol. The summed E-state index contributed by atoms with van der Waals surface area (Å²) in [6.45, 7) is 13.5. The van der Waals surface area contributed by atoms with Crippen molar-refractivity contribution >= 4 is 6.40 Å². The molecule has 192 valence electrons. The summed E-state index contributed by atoms with van der Waals surface area (Å²) in [6.07, 6.45) is 3.46. The predicted octanol–water partition coefficient (Wildman–Crippen LogP) is 4.13. The Morgan fingerprint density at radius 2 is 1.82 bits per heavy atom. The van der Waals surface area contributed by atoms with Gasteiger partial charge in [0.25, 0.3) is 0 Å². The van der Waals surface area contributed by atoms with Crippen molar-refractivity contribution in [2.75, 3.05) is 47.1 Å². The van der Waals surface area contributed by atoms with Gasteiger partial charge < -0.3 is 29.2 Å². The molecule has 8 nitrogen and oxygen atoms in total. The van der Waals surface area contributed by atoms with Crippen molar-refractivity contribution in [3.05, 3.63) is 42.2 Å². The smallest absolute Gasteiger partial charge is 0.169 e. The highest BCUT2D eigenvalue weighted by Crippen LogP contribution is 2.13. The molecule has 0 fully saturated rings. The van der Waals surface area contributed by atoms with Gasteiger partial charge in [0.15, 0.2) is 6.40 Å². The topological polar surface area (TPSA) is 102 Å². The number of methoxy groups -OCH3 is 2. The van der Waals surface area contributed by atoms with Crippen LogP contribution in [0.15, 0.2) is 41.6 Å². The fraction of sp³-hybridized carbons (Fsp3) is 0.640. The number of aliphatic hydroxyl groups is 2. The van der Waals surface area contributed by atoms with Crippen LogP contribution in [0.3, 0.4) is 0 Å². The number of hydrogen-bond donors (Lipinski definition) is 3. The molecular weight excluding hydrogens is 424 g/mol. The highest BCUT2D eigenvalue weighted by atomic mass is 16.5. The lowest BCUT2D eigenvalue weighted by atomic mass is 10.1. The molecule has 0 saturated heterocycles. The molecule has 8 heteroatoms. The summed E-state index contributed by atoms with van der Waals surface area (Å²) >= 11 is 0. The quantitative estimate of drug-likeness (QED) is 0.110. The largest absolute Gasteiger partial charge is 0.513 e. The third-order valence-corrected chi connectivity index (χ3v) is 4.01. The van der Waals surface area contributed by atoms with Crippen molar-refractivity contribution in [3.8, 4) is 5.75 Å². The first kappa shape index (κ1) is 33.0. The molecule has 0 aliphatic heterocycles. The van der Waals surface area contributed by atoms with E-state index in [1.807, 2.05) is 32.9 Å². The zero-order valence-electron chi connectivity index (χ0n) is 21.4. The number of ether oxygens (including phenoxy) is 4. The van der Waals surface area contributed by atoms with Crippen LogP contribution in [0.5, 0.6) is 5.75 Å². The minimum Gasteiger partial charge on any atom is -0.513 e. The fourth-order valence-corrected chi connectivity index (χ4v) is 2.19. The normalized spacial score (nSPS) is 12.1. The van der Waals surface area contributed by atoms with Crippen LogP contribution in [-0.2, 0) is 20.6 Å². The number of nitrogens with zero attached hydrogens (tertiary/aromatic N) is 1. The molecule has 0 aromatic heterocycles. The van der Waals surface area contributed by atoms with E-state index in [4.69, 9.17) is 29.2 Å². The first-order valence-corrected chi connectivity index (χ1v) is 11.5. The van der Waals surface area contributed by atoms with Gasteiger partial charge in [0.05, 0.1) is 12.4 Å². The van der Waals surface area contributed by atoms with E-state index in [2.05, 4.69) is 29.0 Å². The Balaban J connectivity index is 0. The van der Waals surface area contributed by atoms with E-state index in [-0.39, 0.29) is 11.9 Å². The summed E-state index contributed by atoms with van der Waals surface area (Å²) in [5, 5.41) is 20.2. The summed E-state index contributed by atoms with van der Waals surface area (Å²) in [5.41, 5.74) is 1.25. The number of allylic oxidation sites excluding steroid dienone is 1. The summed E-state index contributed by atoms with van der Waals surface area (Å²) < 4.78 is 21.1. The van der Waals surface area contributed by atoms with Crippen LogP contribution in [-0.4, -0.2) is 76.1 Å². The number of aryl methyl sites for hydroxylation is 1. The van der Waals surface area contributed by atoms with E-state index in [0.29, 0.717) is 39.3 Å². The van der Waals surface area contributed by atoms with Crippen LogP contribution < -0.4 is 10.1 Å². The van der Waals surface area contributed by atoms with Gasteiger partial charge in [0.2, 0.25) is 0 Å². The second-order valence-corrected chi connectivity index (χ2v) is 6.80.